The number of rotatable bonds is 5. The molecule has 1 aromatic carbocycles. The van der Waals surface area contributed by atoms with Crippen molar-refractivity contribution >= 4 is 11.6 Å². The van der Waals surface area contributed by atoms with Crippen LogP contribution in [0, 0.1) is 15.9 Å². The lowest BCUT2D eigenvalue weighted by Gasteiger charge is -2.16. The van der Waals surface area contributed by atoms with Gasteiger partial charge in [0.25, 0.3) is 11.6 Å². The van der Waals surface area contributed by atoms with Crippen LogP contribution in [-0.2, 0) is 4.74 Å². The van der Waals surface area contributed by atoms with Gasteiger partial charge in [0.1, 0.15) is 11.4 Å². The summed E-state index contributed by atoms with van der Waals surface area (Å²) in [4.78, 5) is 23.2. The first-order chi connectivity index (χ1) is 8.47. The van der Waals surface area contributed by atoms with Gasteiger partial charge in [-0.2, -0.15) is 0 Å². The summed E-state index contributed by atoms with van der Waals surface area (Å²) in [5.74, 6) is -1.30. The molecule has 98 valence electrons. The highest BCUT2D eigenvalue weighted by Crippen LogP contribution is 2.20. The van der Waals surface area contributed by atoms with Gasteiger partial charge in [-0.3, -0.25) is 14.9 Å². The number of nitro groups is 1. The molecule has 0 fully saturated rings. The zero-order valence-corrected chi connectivity index (χ0v) is 10.1. The number of amides is 1. The van der Waals surface area contributed by atoms with Crippen molar-refractivity contribution < 1.29 is 18.8 Å². The number of nitro benzene ring substituents is 1. The van der Waals surface area contributed by atoms with Gasteiger partial charge in [-0.25, -0.2) is 4.39 Å². The van der Waals surface area contributed by atoms with E-state index in [9.17, 15) is 19.3 Å². The van der Waals surface area contributed by atoms with Crippen LogP contribution in [0.15, 0.2) is 18.2 Å². The first-order valence-electron chi connectivity index (χ1n) is 5.15. The third-order valence-corrected chi connectivity index (χ3v) is 2.36. The lowest BCUT2D eigenvalue weighted by Crippen LogP contribution is -2.30. The Balaban J connectivity index is 3.03. The maximum Gasteiger partial charge on any atom is 0.282 e. The van der Waals surface area contributed by atoms with Crippen molar-refractivity contribution in [1.29, 1.82) is 0 Å². The number of ether oxygens (including phenoxy) is 1. The van der Waals surface area contributed by atoms with Crippen molar-refractivity contribution in [2.24, 2.45) is 0 Å². The minimum Gasteiger partial charge on any atom is -0.383 e. The molecule has 0 N–H and O–H groups in total. The normalized spacial score (nSPS) is 10.2. The largest absolute Gasteiger partial charge is 0.383 e. The van der Waals surface area contributed by atoms with Crippen LogP contribution in [0.1, 0.15) is 10.4 Å². The summed E-state index contributed by atoms with van der Waals surface area (Å²) >= 11 is 0. The van der Waals surface area contributed by atoms with Gasteiger partial charge in [-0.1, -0.05) is 0 Å². The summed E-state index contributed by atoms with van der Waals surface area (Å²) in [5.41, 5.74) is -0.677. The number of carbonyl (C=O) groups excluding carboxylic acids is 1. The molecule has 1 aromatic rings. The van der Waals surface area contributed by atoms with Gasteiger partial charge >= 0.3 is 0 Å². The zero-order chi connectivity index (χ0) is 13.7. The van der Waals surface area contributed by atoms with Gasteiger partial charge in [-0.15, -0.1) is 0 Å². The van der Waals surface area contributed by atoms with E-state index in [2.05, 4.69) is 0 Å². The molecule has 0 aliphatic carbocycles. The van der Waals surface area contributed by atoms with Crippen molar-refractivity contribution in [3.8, 4) is 0 Å². The second kappa shape index (κ2) is 6.06. The lowest BCUT2D eigenvalue weighted by molar-refractivity contribution is -0.385. The van der Waals surface area contributed by atoms with Crippen molar-refractivity contribution in [3.05, 3.63) is 39.7 Å². The van der Waals surface area contributed by atoms with E-state index < -0.39 is 22.3 Å². The minimum atomic E-state index is -0.711. The summed E-state index contributed by atoms with van der Waals surface area (Å²) in [7, 11) is 2.94. The molecule has 0 unspecified atom stereocenters. The second-order valence-electron chi connectivity index (χ2n) is 3.64. The number of likely N-dealkylation sites (N-methyl/N-ethyl adjacent to an activating group) is 1. The van der Waals surface area contributed by atoms with E-state index in [1.54, 1.807) is 0 Å². The van der Waals surface area contributed by atoms with Crippen LogP contribution >= 0.6 is 0 Å². The van der Waals surface area contributed by atoms with Gasteiger partial charge in [0.05, 0.1) is 11.5 Å². The fourth-order valence-electron chi connectivity index (χ4n) is 1.37. The van der Waals surface area contributed by atoms with Gasteiger partial charge in [0, 0.05) is 26.8 Å². The van der Waals surface area contributed by atoms with E-state index in [4.69, 9.17) is 4.74 Å². The monoisotopic (exact) mass is 256 g/mol. The number of halogens is 1. The van der Waals surface area contributed by atoms with Crippen LogP contribution in [0.2, 0.25) is 0 Å². The average molecular weight is 256 g/mol. The lowest BCUT2D eigenvalue weighted by atomic mass is 10.1. The Morgan fingerprint density at radius 2 is 2.22 bits per heavy atom. The van der Waals surface area contributed by atoms with Crippen molar-refractivity contribution in [2.45, 2.75) is 0 Å². The molecule has 0 aliphatic heterocycles. The average Bonchev–Trinajstić information content (AvgIpc) is 2.34. The maximum atomic E-state index is 13.1. The van der Waals surface area contributed by atoms with Gasteiger partial charge in [0.2, 0.25) is 0 Å². The van der Waals surface area contributed by atoms with E-state index in [-0.39, 0.29) is 12.1 Å². The topological polar surface area (TPSA) is 72.7 Å². The molecular formula is C11H13FN2O4. The molecule has 0 atom stereocenters. The van der Waals surface area contributed by atoms with Crippen molar-refractivity contribution in [1.82, 2.24) is 4.90 Å². The number of methoxy groups -OCH3 is 1. The molecule has 0 bridgehead atoms. The Bertz CT molecular complexity index is 464. The minimum absolute atomic E-state index is 0.265. The Morgan fingerprint density at radius 1 is 1.56 bits per heavy atom. The summed E-state index contributed by atoms with van der Waals surface area (Å²) < 4.78 is 17.9. The van der Waals surface area contributed by atoms with Crippen LogP contribution in [0.25, 0.3) is 0 Å². The fraction of sp³-hybridized carbons (Fsp3) is 0.364. The molecule has 0 heterocycles. The van der Waals surface area contributed by atoms with Crippen LogP contribution in [0.3, 0.4) is 0 Å². The predicted octanol–water partition coefficient (Wildman–Crippen LogP) is 1.45. The molecule has 0 saturated heterocycles. The predicted molar refractivity (Wildman–Crippen MR) is 61.9 cm³/mol. The van der Waals surface area contributed by atoms with E-state index in [1.165, 1.54) is 19.1 Å². The summed E-state index contributed by atoms with van der Waals surface area (Å²) in [5, 5.41) is 10.8. The second-order valence-corrected chi connectivity index (χ2v) is 3.64. The summed E-state index contributed by atoms with van der Waals surface area (Å²) in [6.45, 7) is 0.564. The quantitative estimate of drug-likeness (QED) is 0.590. The van der Waals surface area contributed by atoms with E-state index >= 15 is 0 Å². The van der Waals surface area contributed by atoms with Crippen molar-refractivity contribution in [3.63, 3.8) is 0 Å². The Morgan fingerprint density at radius 3 is 2.78 bits per heavy atom. The zero-order valence-electron chi connectivity index (χ0n) is 10.1. The molecule has 0 saturated carbocycles. The highest BCUT2D eigenvalue weighted by atomic mass is 19.1. The van der Waals surface area contributed by atoms with E-state index in [0.29, 0.717) is 6.61 Å². The Kier molecular flexibility index (Phi) is 4.73. The maximum absolute atomic E-state index is 13.1. The smallest absolute Gasteiger partial charge is 0.282 e. The van der Waals surface area contributed by atoms with Gasteiger partial charge in [-0.05, 0) is 12.1 Å². The highest BCUT2D eigenvalue weighted by Gasteiger charge is 2.23. The van der Waals surface area contributed by atoms with Crippen molar-refractivity contribution in [2.75, 3.05) is 27.3 Å². The number of nitrogens with zero attached hydrogens (tertiary/aromatic N) is 2. The number of hydrogen-bond acceptors (Lipinski definition) is 4. The van der Waals surface area contributed by atoms with Crippen LogP contribution < -0.4 is 0 Å². The first kappa shape index (κ1) is 14.0. The van der Waals surface area contributed by atoms with Crippen LogP contribution in [0.4, 0.5) is 10.1 Å². The summed E-state index contributed by atoms with van der Waals surface area (Å²) in [6.07, 6.45) is 0. The molecule has 0 spiro atoms. The van der Waals surface area contributed by atoms with Crippen LogP contribution in [-0.4, -0.2) is 43.0 Å². The number of hydrogen-bond donors (Lipinski definition) is 0. The molecule has 0 aliphatic rings. The molecule has 0 radical (unpaired) electrons. The molecule has 1 amide bonds. The Hall–Kier alpha value is -2.02. The third-order valence-electron chi connectivity index (χ3n) is 2.36. The third kappa shape index (κ3) is 3.24. The SMILES string of the molecule is COCCN(C)C(=O)c1cc(F)ccc1[N+](=O)[O-]. The fourth-order valence-corrected chi connectivity index (χ4v) is 1.37. The standard InChI is InChI=1S/C11H13FN2O4/c1-13(5-6-18-2)11(15)9-7-8(12)3-4-10(9)14(16)17/h3-4,7H,5-6H2,1-2H3. The molecular weight excluding hydrogens is 243 g/mol. The van der Waals surface area contributed by atoms with Gasteiger partial charge < -0.3 is 9.64 Å². The van der Waals surface area contributed by atoms with Gasteiger partial charge in [0.15, 0.2) is 0 Å². The summed E-state index contributed by atoms with van der Waals surface area (Å²) in [6, 6.07) is 2.79. The molecule has 6 nitrogen and oxygen atoms in total. The number of benzene rings is 1. The Labute approximate surface area is 103 Å². The molecule has 18 heavy (non-hydrogen) atoms. The number of carbonyl (C=O) groups is 1. The van der Waals surface area contributed by atoms with E-state index in [1.807, 2.05) is 0 Å². The van der Waals surface area contributed by atoms with Crippen LogP contribution in [0.5, 0.6) is 0 Å². The molecule has 0 aromatic heterocycles. The van der Waals surface area contributed by atoms with E-state index in [0.717, 1.165) is 18.2 Å². The molecule has 1 rings (SSSR count). The first-order valence-corrected chi connectivity index (χ1v) is 5.15. The molecule has 7 heteroatoms. The highest BCUT2D eigenvalue weighted by molar-refractivity contribution is 5.98.